The van der Waals surface area contributed by atoms with Crippen LogP contribution in [0, 0.1) is 6.92 Å². The lowest BCUT2D eigenvalue weighted by atomic mass is 10.2. The van der Waals surface area contributed by atoms with E-state index in [1.165, 1.54) is 12.4 Å². The minimum absolute atomic E-state index is 0.303. The monoisotopic (exact) mass is 278 g/mol. The van der Waals surface area contributed by atoms with Crippen molar-refractivity contribution in [2.24, 2.45) is 10.7 Å². The van der Waals surface area contributed by atoms with Gasteiger partial charge in [0.05, 0.1) is 5.69 Å². The summed E-state index contributed by atoms with van der Waals surface area (Å²) in [5, 5.41) is 6.76. The van der Waals surface area contributed by atoms with Gasteiger partial charge < -0.3 is 5.73 Å². The number of H-pyrrole nitrogens is 1. The quantitative estimate of drug-likeness (QED) is 0.830. The molecule has 1 aromatic rings. The summed E-state index contributed by atoms with van der Waals surface area (Å²) >= 11 is 0. The molecular weight excluding hydrogens is 252 g/mol. The summed E-state index contributed by atoms with van der Waals surface area (Å²) in [6.45, 7) is 12.8. The van der Waals surface area contributed by atoms with Crippen molar-refractivity contribution in [1.29, 1.82) is 0 Å². The molecule has 112 valence electrons. The summed E-state index contributed by atoms with van der Waals surface area (Å²) in [6, 6.07) is 0. The zero-order chi connectivity index (χ0) is 16.0. The molecule has 0 radical (unpaired) electrons. The average molecular weight is 278 g/mol. The molecule has 5 heteroatoms. The Kier molecular flexibility index (Phi) is 13.4. The van der Waals surface area contributed by atoms with E-state index in [9.17, 15) is 4.79 Å². The highest BCUT2D eigenvalue weighted by atomic mass is 16.1. The maximum Gasteiger partial charge on any atom is 0.297 e. The molecule has 1 amide bonds. The van der Waals surface area contributed by atoms with E-state index in [1.807, 2.05) is 32.9 Å². The number of nitrogens with two attached hydrogens (primary N) is 1. The molecule has 0 atom stereocenters. The maximum atomic E-state index is 11.4. The van der Waals surface area contributed by atoms with Crippen LogP contribution in [-0.2, 0) is 0 Å². The summed E-state index contributed by atoms with van der Waals surface area (Å²) in [5.74, 6) is -0.303. The number of amides is 1. The number of rotatable bonds is 3. The summed E-state index contributed by atoms with van der Waals surface area (Å²) < 4.78 is 0. The van der Waals surface area contributed by atoms with Crippen LogP contribution in [0.25, 0.3) is 6.08 Å². The summed E-state index contributed by atoms with van der Waals surface area (Å²) in [7, 11) is 0. The van der Waals surface area contributed by atoms with Crippen LogP contribution in [-0.4, -0.2) is 22.3 Å². The van der Waals surface area contributed by atoms with Gasteiger partial charge in [-0.25, -0.2) is 4.99 Å². The third-order valence-electron chi connectivity index (χ3n) is 2.02. The second-order valence-electron chi connectivity index (χ2n) is 3.35. The van der Waals surface area contributed by atoms with Crippen molar-refractivity contribution in [2.45, 2.75) is 41.0 Å². The molecular formula is C15H26N4O. The van der Waals surface area contributed by atoms with Gasteiger partial charge in [0.1, 0.15) is 0 Å². The molecule has 0 aromatic carbocycles. The zero-order valence-corrected chi connectivity index (χ0v) is 13.1. The molecule has 20 heavy (non-hydrogen) atoms. The van der Waals surface area contributed by atoms with E-state index in [0.717, 1.165) is 17.7 Å². The first-order valence-corrected chi connectivity index (χ1v) is 6.69. The van der Waals surface area contributed by atoms with Crippen LogP contribution in [0.2, 0.25) is 0 Å². The number of carbonyl (C=O) groups excluding carboxylic acids is 1. The third-order valence-corrected chi connectivity index (χ3v) is 2.02. The van der Waals surface area contributed by atoms with Crippen molar-refractivity contribution in [2.75, 3.05) is 0 Å². The fraction of sp³-hybridized carbons (Fsp3) is 0.400. The molecule has 3 N–H and O–H groups in total. The Balaban J connectivity index is 0. The van der Waals surface area contributed by atoms with E-state index in [1.54, 1.807) is 6.92 Å². The van der Waals surface area contributed by atoms with Crippen LogP contribution in [0.3, 0.4) is 0 Å². The van der Waals surface area contributed by atoms with Gasteiger partial charge in [0.2, 0.25) is 0 Å². The fourth-order valence-corrected chi connectivity index (χ4v) is 1.20. The topological polar surface area (TPSA) is 84.1 Å². The standard InChI is InChI=1S/C11H15N3O.C2H5N.C2H6/c1-4-6-7-9-8(3)10(14-13-9)11(15)12-5-2;1-2-3;1-2/h5-7H,4H2,1-3H3,(H,13,14);2H,1,3H2;1-2H3/b7-6-,12-5?;;. The lowest BCUT2D eigenvalue weighted by molar-refractivity contribution is 0.0998. The summed E-state index contributed by atoms with van der Waals surface area (Å²) in [5.41, 5.74) is 6.71. The van der Waals surface area contributed by atoms with E-state index in [0.29, 0.717) is 5.69 Å². The first kappa shape index (κ1) is 20.2. The Morgan fingerprint density at radius 3 is 2.50 bits per heavy atom. The van der Waals surface area contributed by atoms with Gasteiger partial charge in [-0.05, 0) is 32.5 Å². The molecule has 0 bridgehead atoms. The molecule has 1 rings (SSSR count). The van der Waals surface area contributed by atoms with Crippen LogP contribution < -0.4 is 5.73 Å². The van der Waals surface area contributed by atoms with E-state index in [2.05, 4.69) is 34.4 Å². The van der Waals surface area contributed by atoms with E-state index >= 15 is 0 Å². The molecule has 0 saturated carbocycles. The molecule has 0 spiro atoms. The minimum atomic E-state index is -0.303. The van der Waals surface area contributed by atoms with Crippen LogP contribution in [0.15, 0.2) is 23.8 Å². The van der Waals surface area contributed by atoms with Crippen molar-refractivity contribution < 1.29 is 4.79 Å². The molecule has 0 unspecified atom stereocenters. The number of aromatic nitrogens is 2. The molecule has 0 aliphatic rings. The van der Waals surface area contributed by atoms with Crippen molar-refractivity contribution in [3.05, 3.63) is 35.8 Å². The van der Waals surface area contributed by atoms with Gasteiger partial charge in [-0.15, -0.1) is 0 Å². The molecule has 1 aromatic heterocycles. The lowest BCUT2D eigenvalue weighted by Gasteiger charge is -1.91. The van der Waals surface area contributed by atoms with Gasteiger partial charge in [-0.2, -0.15) is 5.10 Å². The second-order valence-corrected chi connectivity index (χ2v) is 3.35. The molecule has 0 fully saturated rings. The molecule has 0 aliphatic carbocycles. The number of nitrogens with zero attached hydrogens (tertiary/aromatic N) is 2. The Labute approximate surface area is 121 Å². The Morgan fingerprint density at radius 2 is 2.05 bits per heavy atom. The van der Waals surface area contributed by atoms with Crippen molar-refractivity contribution in [1.82, 2.24) is 10.2 Å². The van der Waals surface area contributed by atoms with Crippen LogP contribution in [0.5, 0.6) is 0 Å². The van der Waals surface area contributed by atoms with Crippen molar-refractivity contribution >= 4 is 18.2 Å². The first-order valence-electron chi connectivity index (χ1n) is 6.69. The first-order chi connectivity index (χ1) is 9.62. The number of hydrogen-bond donors (Lipinski definition) is 2. The van der Waals surface area contributed by atoms with Gasteiger partial charge in [-0.3, -0.25) is 9.89 Å². The van der Waals surface area contributed by atoms with Gasteiger partial charge in [0.25, 0.3) is 5.91 Å². The minimum Gasteiger partial charge on any atom is -0.405 e. The van der Waals surface area contributed by atoms with E-state index < -0.39 is 0 Å². The van der Waals surface area contributed by atoms with Gasteiger partial charge in [0.15, 0.2) is 5.69 Å². The van der Waals surface area contributed by atoms with E-state index in [4.69, 9.17) is 0 Å². The highest BCUT2D eigenvalue weighted by Gasteiger charge is 2.13. The smallest absolute Gasteiger partial charge is 0.297 e. The number of nitrogens with one attached hydrogen (secondary N) is 1. The largest absolute Gasteiger partial charge is 0.405 e. The molecule has 0 saturated heterocycles. The SMILES string of the molecule is C=CN.CC.CC=NC(=O)c1n[nH]c(/C=C\CC)c1C. The van der Waals surface area contributed by atoms with Gasteiger partial charge >= 0.3 is 0 Å². The second kappa shape index (κ2) is 13.3. The van der Waals surface area contributed by atoms with Crippen LogP contribution in [0.1, 0.15) is 55.9 Å². The Bertz CT molecular complexity index is 445. The number of allylic oxidation sites excluding steroid dienone is 1. The normalized spacial score (nSPS) is 9.65. The highest BCUT2D eigenvalue weighted by molar-refractivity contribution is 5.98. The van der Waals surface area contributed by atoms with Crippen molar-refractivity contribution in [3.63, 3.8) is 0 Å². The van der Waals surface area contributed by atoms with Gasteiger partial charge in [0, 0.05) is 11.8 Å². The third kappa shape index (κ3) is 7.31. The summed E-state index contributed by atoms with van der Waals surface area (Å²) in [4.78, 5) is 15.1. The fourth-order valence-electron chi connectivity index (χ4n) is 1.20. The number of hydrogen-bond acceptors (Lipinski definition) is 3. The van der Waals surface area contributed by atoms with Crippen LogP contribution >= 0.6 is 0 Å². The molecule has 1 heterocycles. The molecule has 0 aliphatic heterocycles. The zero-order valence-electron chi connectivity index (χ0n) is 13.1. The predicted octanol–water partition coefficient (Wildman–Crippen LogP) is 3.49. The number of carbonyl (C=O) groups is 1. The number of aliphatic imine (C=N–C) groups is 1. The summed E-state index contributed by atoms with van der Waals surface area (Å²) in [6.07, 6.45) is 7.61. The van der Waals surface area contributed by atoms with Crippen molar-refractivity contribution in [3.8, 4) is 0 Å². The van der Waals surface area contributed by atoms with Crippen LogP contribution in [0.4, 0.5) is 0 Å². The molecule has 5 nitrogen and oxygen atoms in total. The Morgan fingerprint density at radius 1 is 1.50 bits per heavy atom. The maximum absolute atomic E-state index is 11.4. The average Bonchev–Trinajstić information content (AvgIpc) is 2.81. The number of aromatic amines is 1. The lowest BCUT2D eigenvalue weighted by Crippen LogP contribution is -1.97. The Hall–Kier alpha value is -2.17. The predicted molar refractivity (Wildman–Crippen MR) is 86.9 cm³/mol. The van der Waals surface area contributed by atoms with E-state index in [-0.39, 0.29) is 5.91 Å². The highest BCUT2D eigenvalue weighted by Crippen LogP contribution is 2.12. The van der Waals surface area contributed by atoms with Gasteiger partial charge in [-0.1, -0.05) is 33.4 Å².